The van der Waals surface area contributed by atoms with Gasteiger partial charge in [-0.1, -0.05) is 43.8 Å². The first-order valence-electron chi connectivity index (χ1n) is 7.32. The first kappa shape index (κ1) is 17.6. The van der Waals surface area contributed by atoms with Gasteiger partial charge in [0.05, 0.1) is 6.04 Å². The molecule has 1 aromatic rings. The highest BCUT2D eigenvalue weighted by Crippen LogP contribution is 2.09. The van der Waals surface area contributed by atoms with E-state index in [0.29, 0.717) is 11.5 Å². The zero-order valence-corrected chi connectivity index (χ0v) is 13.9. The van der Waals surface area contributed by atoms with Gasteiger partial charge in [-0.25, -0.2) is 0 Å². The number of hydrogen-bond acceptors (Lipinski definition) is 3. The van der Waals surface area contributed by atoms with E-state index in [0.717, 1.165) is 30.5 Å². The van der Waals surface area contributed by atoms with E-state index in [1.165, 1.54) is 0 Å². The van der Waals surface area contributed by atoms with Crippen molar-refractivity contribution >= 4 is 23.1 Å². The van der Waals surface area contributed by atoms with Crippen molar-refractivity contribution in [1.82, 2.24) is 10.2 Å². The zero-order chi connectivity index (χ0) is 15.8. The Hall–Kier alpha value is -1.46. The number of benzene rings is 1. The zero-order valence-electron chi connectivity index (χ0n) is 13.1. The number of hydrogen-bond donors (Lipinski definition) is 2. The molecular weight excluding hydrogens is 282 g/mol. The third-order valence-corrected chi connectivity index (χ3v) is 3.75. The average Bonchev–Trinajstić information content (AvgIpc) is 2.46. The molecule has 0 aliphatic heterocycles. The molecule has 1 amide bonds. The summed E-state index contributed by atoms with van der Waals surface area (Å²) in [7, 11) is 1.94. The second-order valence-electron chi connectivity index (χ2n) is 5.30. The lowest BCUT2D eigenvalue weighted by atomic mass is 10.1. The Morgan fingerprint density at radius 3 is 2.81 bits per heavy atom. The number of nitrogens with two attached hydrogens (primary N) is 1. The number of carbonyl (C=O) groups excluding carboxylic acids is 1. The molecule has 1 atom stereocenters. The van der Waals surface area contributed by atoms with Crippen molar-refractivity contribution in [2.75, 3.05) is 13.6 Å². The predicted molar refractivity (Wildman–Crippen MR) is 91.2 cm³/mol. The van der Waals surface area contributed by atoms with E-state index in [1.54, 1.807) is 0 Å². The predicted octanol–water partition coefficient (Wildman–Crippen LogP) is 2.06. The molecular formula is C16H25N3OS. The van der Waals surface area contributed by atoms with Crippen molar-refractivity contribution < 1.29 is 4.79 Å². The number of unbranched alkanes of at least 4 members (excludes halogenated alkanes) is 1. The molecule has 0 bridgehead atoms. The van der Waals surface area contributed by atoms with Crippen LogP contribution in [0.1, 0.15) is 37.8 Å². The molecule has 21 heavy (non-hydrogen) atoms. The monoisotopic (exact) mass is 307 g/mol. The Labute approximate surface area is 132 Å². The highest BCUT2D eigenvalue weighted by atomic mass is 32.1. The molecule has 1 rings (SSSR count). The maximum absolute atomic E-state index is 12.0. The van der Waals surface area contributed by atoms with Crippen LogP contribution in [0.15, 0.2) is 24.3 Å². The average molecular weight is 307 g/mol. The minimum atomic E-state index is -0.171. The minimum absolute atomic E-state index is 0.0662. The Kier molecular flexibility index (Phi) is 7.32. The summed E-state index contributed by atoms with van der Waals surface area (Å²) < 4.78 is 0. The minimum Gasteiger partial charge on any atom is -0.389 e. The first-order valence-corrected chi connectivity index (χ1v) is 7.73. The standard InChI is InChI=1S/C16H25N3OS/c1-4-5-9-18-16(20)12(2)19(3)11-13-7-6-8-14(10-13)15(17)21/h6-8,10,12H,4-5,9,11H2,1-3H3,(H2,17,21)(H,18,20). The lowest BCUT2D eigenvalue weighted by molar-refractivity contribution is -0.125. The number of nitrogens with one attached hydrogen (secondary N) is 1. The first-order chi connectivity index (χ1) is 9.95. The van der Waals surface area contributed by atoms with Crippen molar-refractivity contribution in [2.45, 2.75) is 39.3 Å². The topological polar surface area (TPSA) is 58.4 Å². The fourth-order valence-electron chi connectivity index (χ4n) is 1.98. The summed E-state index contributed by atoms with van der Waals surface area (Å²) in [5.74, 6) is 0.0662. The number of carbonyl (C=O) groups is 1. The number of amides is 1. The van der Waals surface area contributed by atoms with E-state index >= 15 is 0 Å². The molecule has 0 fully saturated rings. The molecule has 0 saturated heterocycles. The summed E-state index contributed by atoms with van der Waals surface area (Å²) in [6.07, 6.45) is 2.09. The van der Waals surface area contributed by atoms with Gasteiger partial charge in [0.25, 0.3) is 0 Å². The number of rotatable bonds is 8. The number of thiocarbonyl (C=S) groups is 1. The van der Waals surface area contributed by atoms with Crippen LogP contribution in [0.2, 0.25) is 0 Å². The van der Waals surface area contributed by atoms with Crippen LogP contribution in [-0.2, 0) is 11.3 Å². The van der Waals surface area contributed by atoms with Crippen LogP contribution in [0.25, 0.3) is 0 Å². The molecule has 0 spiro atoms. The SMILES string of the molecule is CCCCNC(=O)C(C)N(C)Cc1cccc(C(N)=S)c1. The number of nitrogens with zero attached hydrogens (tertiary/aromatic N) is 1. The van der Waals surface area contributed by atoms with Crippen LogP contribution < -0.4 is 11.1 Å². The van der Waals surface area contributed by atoms with Gasteiger partial charge in [0, 0.05) is 18.7 Å². The van der Waals surface area contributed by atoms with Crippen LogP contribution in [0.5, 0.6) is 0 Å². The molecule has 0 aliphatic rings. The molecule has 5 heteroatoms. The van der Waals surface area contributed by atoms with Gasteiger partial charge in [0.2, 0.25) is 5.91 Å². The van der Waals surface area contributed by atoms with Gasteiger partial charge in [-0.3, -0.25) is 9.69 Å². The lowest BCUT2D eigenvalue weighted by Crippen LogP contribution is -2.43. The van der Waals surface area contributed by atoms with Gasteiger partial charge < -0.3 is 11.1 Å². The van der Waals surface area contributed by atoms with E-state index in [2.05, 4.69) is 12.2 Å². The van der Waals surface area contributed by atoms with Gasteiger partial charge in [-0.15, -0.1) is 0 Å². The smallest absolute Gasteiger partial charge is 0.237 e. The Balaban J connectivity index is 2.59. The Morgan fingerprint density at radius 1 is 1.48 bits per heavy atom. The third-order valence-electron chi connectivity index (χ3n) is 3.51. The molecule has 0 aliphatic carbocycles. The highest BCUT2D eigenvalue weighted by molar-refractivity contribution is 7.80. The van der Waals surface area contributed by atoms with Crippen LogP contribution >= 0.6 is 12.2 Å². The van der Waals surface area contributed by atoms with E-state index in [1.807, 2.05) is 43.1 Å². The largest absolute Gasteiger partial charge is 0.389 e. The molecule has 116 valence electrons. The molecule has 3 N–H and O–H groups in total. The van der Waals surface area contributed by atoms with Gasteiger partial charge >= 0.3 is 0 Å². The molecule has 0 saturated carbocycles. The summed E-state index contributed by atoms with van der Waals surface area (Å²) in [6.45, 7) is 5.44. The quantitative estimate of drug-likeness (QED) is 0.570. The molecule has 0 aromatic heterocycles. The fraction of sp³-hybridized carbons (Fsp3) is 0.500. The molecule has 0 heterocycles. The van der Waals surface area contributed by atoms with Gasteiger partial charge in [-0.2, -0.15) is 0 Å². The van der Waals surface area contributed by atoms with Crippen LogP contribution in [0.4, 0.5) is 0 Å². The Morgan fingerprint density at radius 2 is 2.19 bits per heavy atom. The summed E-state index contributed by atoms with van der Waals surface area (Å²) in [5, 5.41) is 2.96. The third kappa shape index (κ3) is 5.81. The van der Waals surface area contributed by atoms with Gasteiger partial charge in [0.15, 0.2) is 0 Å². The van der Waals surface area contributed by atoms with E-state index in [9.17, 15) is 4.79 Å². The maximum atomic E-state index is 12.0. The van der Waals surface area contributed by atoms with Gasteiger partial charge in [-0.05, 0) is 32.0 Å². The van der Waals surface area contributed by atoms with Crippen molar-refractivity contribution in [1.29, 1.82) is 0 Å². The maximum Gasteiger partial charge on any atom is 0.237 e. The Bertz CT molecular complexity index is 490. The lowest BCUT2D eigenvalue weighted by Gasteiger charge is -2.24. The fourth-order valence-corrected chi connectivity index (χ4v) is 2.11. The number of likely N-dealkylation sites (N-methyl/N-ethyl adjacent to an activating group) is 1. The van der Waals surface area contributed by atoms with E-state index < -0.39 is 0 Å². The molecule has 0 radical (unpaired) electrons. The second-order valence-corrected chi connectivity index (χ2v) is 5.74. The van der Waals surface area contributed by atoms with Crippen molar-refractivity contribution in [3.05, 3.63) is 35.4 Å². The second kappa shape index (κ2) is 8.74. The van der Waals surface area contributed by atoms with Crippen LogP contribution in [-0.4, -0.2) is 35.4 Å². The van der Waals surface area contributed by atoms with Crippen molar-refractivity contribution in [3.63, 3.8) is 0 Å². The van der Waals surface area contributed by atoms with E-state index in [4.69, 9.17) is 18.0 Å². The van der Waals surface area contributed by atoms with Crippen LogP contribution in [0.3, 0.4) is 0 Å². The summed E-state index contributed by atoms with van der Waals surface area (Å²) >= 11 is 4.99. The summed E-state index contributed by atoms with van der Waals surface area (Å²) in [5.41, 5.74) is 7.59. The summed E-state index contributed by atoms with van der Waals surface area (Å²) in [4.78, 5) is 14.4. The van der Waals surface area contributed by atoms with Crippen molar-refractivity contribution in [2.24, 2.45) is 5.73 Å². The molecule has 1 aromatic carbocycles. The van der Waals surface area contributed by atoms with Crippen LogP contribution in [0, 0.1) is 0 Å². The van der Waals surface area contributed by atoms with E-state index in [-0.39, 0.29) is 11.9 Å². The molecule has 1 unspecified atom stereocenters. The van der Waals surface area contributed by atoms with Crippen molar-refractivity contribution in [3.8, 4) is 0 Å². The van der Waals surface area contributed by atoms with Gasteiger partial charge in [0.1, 0.15) is 4.99 Å². The molecule has 4 nitrogen and oxygen atoms in total. The highest BCUT2D eigenvalue weighted by Gasteiger charge is 2.17. The summed E-state index contributed by atoms with van der Waals surface area (Å²) in [6, 6.07) is 7.65. The normalized spacial score (nSPS) is 12.2.